The predicted molar refractivity (Wildman–Crippen MR) is 68.8 cm³/mol. The van der Waals surface area contributed by atoms with Crippen molar-refractivity contribution in [1.82, 2.24) is 4.90 Å². The minimum Gasteiger partial charge on any atom is -0.508 e. The van der Waals surface area contributed by atoms with Gasteiger partial charge in [0.05, 0.1) is 5.56 Å². The van der Waals surface area contributed by atoms with E-state index in [1.165, 1.54) is 4.90 Å². The first-order chi connectivity index (χ1) is 10.2. The number of benzene rings is 1. The molecule has 8 heteroatoms. The van der Waals surface area contributed by atoms with Crippen LogP contribution in [0.5, 0.6) is 5.75 Å². The zero-order chi connectivity index (χ0) is 16.5. The standard InChI is InChI=1S/C14H15F4NO3/c15-11-7-9(20)1-2-10(11)13(22)19-5-3-8(4-6-19)12(21)14(16,17)18/h1-2,7-8,12,20-21H,3-6H2/t12-/m1/s1. The molecule has 1 amide bonds. The molecule has 1 aliphatic heterocycles. The molecule has 1 heterocycles. The molecule has 0 aromatic heterocycles. The molecule has 2 rings (SSSR count). The van der Waals surface area contributed by atoms with Crippen molar-refractivity contribution in [3.63, 3.8) is 0 Å². The Hall–Kier alpha value is -1.83. The van der Waals surface area contributed by atoms with Crippen LogP contribution in [0.15, 0.2) is 18.2 Å². The molecule has 0 radical (unpaired) electrons. The van der Waals surface area contributed by atoms with Crippen LogP contribution in [0.3, 0.4) is 0 Å². The number of phenolic OH excluding ortho intramolecular Hbond substituents is 1. The maximum Gasteiger partial charge on any atom is 0.414 e. The van der Waals surface area contributed by atoms with Gasteiger partial charge in [0.2, 0.25) is 0 Å². The molecule has 0 unspecified atom stereocenters. The largest absolute Gasteiger partial charge is 0.508 e. The number of aliphatic hydroxyl groups is 1. The first-order valence-electron chi connectivity index (χ1n) is 6.72. The van der Waals surface area contributed by atoms with Crippen molar-refractivity contribution in [1.29, 1.82) is 0 Å². The molecule has 1 aromatic rings. The smallest absolute Gasteiger partial charge is 0.414 e. The second-order valence-corrected chi connectivity index (χ2v) is 5.28. The summed E-state index contributed by atoms with van der Waals surface area (Å²) < 4.78 is 50.9. The van der Waals surface area contributed by atoms with Crippen LogP contribution in [-0.2, 0) is 0 Å². The second-order valence-electron chi connectivity index (χ2n) is 5.28. The van der Waals surface area contributed by atoms with Gasteiger partial charge in [-0.1, -0.05) is 0 Å². The molecule has 0 spiro atoms. The number of aromatic hydroxyl groups is 1. The fourth-order valence-electron chi connectivity index (χ4n) is 2.53. The summed E-state index contributed by atoms with van der Waals surface area (Å²) in [5.41, 5.74) is -0.243. The highest BCUT2D eigenvalue weighted by atomic mass is 19.4. The molecule has 2 N–H and O–H groups in total. The Morgan fingerprint density at radius 3 is 2.36 bits per heavy atom. The van der Waals surface area contributed by atoms with E-state index in [4.69, 9.17) is 5.11 Å². The zero-order valence-corrected chi connectivity index (χ0v) is 11.5. The van der Waals surface area contributed by atoms with Crippen LogP contribution >= 0.6 is 0 Å². The molecule has 1 aromatic carbocycles. The van der Waals surface area contributed by atoms with Crippen molar-refractivity contribution in [3.8, 4) is 5.75 Å². The third-order valence-electron chi connectivity index (χ3n) is 3.79. The summed E-state index contributed by atoms with van der Waals surface area (Å²) in [7, 11) is 0. The fraction of sp³-hybridized carbons (Fsp3) is 0.500. The maximum atomic E-state index is 13.6. The van der Waals surface area contributed by atoms with Crippen molar-refractivity contribution in [2.24, 2.45) is 5.92 Å². The van der Waals surface area contributed by atoms with E-state index in [2.05, 4.69) is 0 Å². The van der Waals surface area contributed by atoms with Gasteiger partial charge in [-0.3, -0.25) is 4.79 Å². The third-order valence-corrected chi connectivity index (χ3v) is 3.79. The quantitative estimate of drug-likeness (QED) is 0.822. The first-order valence-corrected chi connectivity index (χ1v) is 6.72. The average molecular weight is 321 g/mol. The van der Waals surface area contributed by atoms with Crippen LogP contribution in [0.4, 0.5) is 17.6 Å². The summed E-state index contributed by atoms with van der Waals surface area (Å²) in [4.78, 5) is 13.4. The van der Waals surface area contributed by atoms with Gasteiger partial charge in [0.1, 0.15) is 11.6 Å². The van der Waals surface area contributed by atoms with E-state index in [0.29, 0.717) is 0 Å². The Bertz CT molecular complexity index is 554. The van der Waals surface area contributed by atoms with Gasteiger partial charge in [-0.2, -0.15) is 13.2 Å². The van der Waals surface area contributed by atoms with E-state index in [9.17, 15) is 27.5 Å². The maximum absolute atomic E-state index is 13.6. The number of carbonyl (C=O) groups excluding carboxylic acids is 1. The number of alkyl halides is 3. The summed E-state index contributed by atoms with van der Waals surface area (Å²) in [6.07, 6.45) is -7.10. The number of carbonyl (C=O) groups is 1. The van der Waals surface area contributed by atoms with E-state index >= 15 is 0 Å². The zero-order valence-electron chi connectivity index (χ0n) is 11.5. The molecule has 122 valence electrons. The van der Waals surface area contributed by atoms with E-state index in [-0.39, 0.29) is 37.2 Å². The SMILES string of the molecule is O=C(c1ccc(O)cc1F)N1CCC([C@@H](O)C(F)(F)F)CC1. The van der Waals surface area contributed by atoms with Gasteiger partial charge >= 0.3 is 6.18 Å². The van der Waals surface area contributed by atoms with Gasteiger partial charge in [-0.05, 0) is 30.9 Å². The number of nitrogens with zero attached hydrogens (tertiary/aromatic N) is 1. The Morgan fingerprint density at radius 1 is 1.27 bits per heavy atom. The van der Waals surface area contributed by atoms with Crippen LogP contribution in [0, 0.1) is 11.7 Å². The van der Waals surface area contributed by atoms with Crippen molar-refractivity contribution in [2.45, 2.75) is 25.1 Å². The lowest BCUT2D eigenvalue weighted by atomic mass is 9.90. The monoisotopic (exact) mass is 321 g/mol. The van der Waals surface area contributed by atoms with Gasteiger partial charge < -0.3 is 15.1 Å². The van der Waals surface area contributed by atoms with Gasteiger partial charge in [-0.15, -0.1) is 0 Å². The fourth-order valence-corrected chi connectivity index (χ4v) is 2.53. The van der Waals surface area contributed by atoms with Crippen molar-refractivity contribution in [2.75, 3.05) is 13.1 Å². The Labute approximate surface area is 124 Å². The number of likely N-dealkylation sites (tertiary alicyclic amines) is 1. The number of hydrogen-bond acceptors (Lipinski definition) is 3. The highest BCUT2D eigenvalue weighted by Crippen LogP contribution is 2.32. The molecule has 1 saturated heterocycles. The number of halogens is 4. The van der Waals surface area contributed by atoms with E-state index < -0.39 is 29.9 Å². The molecule has 4 nitrogen and oxygen atoms in total. The van der Waals surface area contributed by atoms with Crippen LogP contribution in [0.1, 0.15) is 23.2 Å². The molecular formula is C14H15F4NO3. The minimum absolute atomic E-state index is 0.00782. The first kappa shape index (κ1) is 16.5. The Balaban J connectivity index is 2.01. The van der Waals surface area contributed by atoms with Gasteiger partial charge in [-0.25, -0.2) is 4.39 Å². The van der Waals surface area contributed by atoms with E-state index in [1.807, 2.05) is 0 Å². The number of rotatable bonds is 2. The lowest BCUT2D eigenvalue weighted by Crippen LogP contribution is -2.45. The van der Waals surface area contributed by atoms with Crippen molar-refractivity contribution >= 4 is 5.91 Å². The molecule has 22 heavy (non-hydrogen) atoms. The van der Waals surface area contributed by atoms with Crippen molar-refractivity contribution in [3.05, 3.63) is 29.6 Å². The Kier molecular flexibility index (Phi) is 4.60. The number of hydrogen-bond donors (Lipinski definition) is 2. The topological polar surface area (TPSA) is 60.8 Å². The minimum atomic E-state index is -4.68. The van der Waals surface area contributed by atoms with Gasteiger partial charge in [0, 0.05) is 19.2 Å². The van der Waals surface area contributed by atoms with Crippen molar-refractivity contribution < 1.29 is 32.6 Å². The third kappa shape index (κ3) is 3.49. The normalized spacial score (nSPS) is 18.3. The summed E-state index contributed by atoms with van der Waals surface area (Å²) >= 11 is 0. The second kappa shape index (κ2) is 6.12. The average Bonchev–Trinajstić information content (AvgIpc) is 2.45. The number of amides is 1. The highest BCUT2D eigenvalue weighted by molar-refractivity contribution is 5.94. The van der Waals surface area contributed by atoms with Crippen LogP contribution in [0.2, 0.25) is 0 Å². The number of aliphatic hydroxyl groups excluding tert-OH is 1. The molecule has 1 atom stereocenters. The molecule has 0 saturated carbocycles. The van der Waals surface area contributed by atoms with Crippen LogP contribution in [0.25, 0.3) is 0 Å². The van der Waals surface area contributed by atoms with Crippen LogP contribution < -0.4 is 0 Å². The van der Waals surface area contributed by atoms with Gasteiger partial charge in [0.15, 0.2) is 6.10 Å². The van der Waals surface area contributed by atoms with E-state index in [1.54, 1.807) is 0 Å². The molecule has 1 aliphatic rings. The Morgan fingerprint density at radius 2 is 1.86 bits per heavy atom. The number of piperidine rings is 1. The molecule has 0 aliphatic carbocycles. The van der Waals surface area contributed by atoms with E-state index in [0.717, 1.165) is 18.2 Å². The molecule has 1 fully saturated rings. The summed E-state index contributed by atoms with van der Waals surface area (Å²) in [6.45, 7) is 0.0217. The van der Waals surface area contributed by atoms with Gasteiger partial charge in [0.25, 0.3) is 5.91 Å². The lowest BCUT2D eigenvalue weighted by Gasteiger charge is -2.34. The number of phenols is 1. The summed E-state index contributed by atoms with van der Waals surface area (Å²) in [6, 6.07) is 3.09. The summed E-state index contributed by atoms with van der Waals surface area (Å²) in [5.74, 6) is -2.81. The van der Waals surface area contributed by atoms with Crippen LogP contribution in [-0.4, -0.2) is 46.4 Å². The molecular weight excluding hydrogens is 306 g/mol. The predicted octanol–water partition coefficient (Wildman–Crippen LogP) is 2.31. The summed E-state index contributed by atoms with van der Waals surface area (Å²) in [5, 5.41) is 18.3. The molecule has 0 bridgehead atoms. The lowest BCUT2D eigenvalue weighted by molar-refractivity contribution is -0.222. The highest BCUT2D eigenvalue weighted by Gasteiger charge is 2.44.